The number of carbonyl (C=O) groups excluding carboxylic acids is 1. The minimum atomic E-state index is -0.951. The van der Waals surface area contributed by atoms with Gasteiger partial charge in [0.25, 0.3) is 5.91 Å². The van der Waals surface area contributed by atoms with Crippen molar-refractivity contribution >= 4 is 40.3 Å². The third-order valence-corrected chi connectivity index (χ3v) is 4.43. The van der Waals surface area contributed by atoms with E-state index in [1.165, 1.54) is 0 Å². The standard InChI is InChI=1S/C19H17N3O3S/c20-16-6-3-13(14-7-8-26-11-14)9-17(16)22-19(25)12-1-4-15(5-2-12)21-10-18(23)24/h1-9,11,21H,10,20H2,(H,22,25)(H,23,24). The van der Waals surface area contributed by atoms with Crippen LogP contribution in [0.5, 0.6) is 0 Å². The second-order valence-electron chi connectivity index (χ2n) is 5.59. The summed E-state index contributed by atoms with van der Waals surface area (Å²) in [5, 5.41) is 18.2. The number of aliphatic carboxylic acids is 1. The van der Waals surface area contributed by atoms with Crippen LogP contribution in [-0.2, 0) is 4.79 Å². The highest BCUT2D eigenvalue weighted by atomic mass is 32.1. The van der Waals surface area contributed by atoms with Crippen LogP contribution in [0.3, 0.4) is 0 Å². The first-order valence-corrected chi connectivity index (χ1v) is 8.76. The van der Waals surface area contributed by atoms with Gasteiger partial charge in [-0.1, -0.05) is 6.07 Å². The lowest BCUT2D eigenvalue weighted by Crippen LogP contribution is -2.14. The second kappa shape index (κ2) is 7.71. The van der Waals surface area contributed by atoms with Crippen molar-refractivity contribution in [2.75, 3.05) is 22.9 Å². The molecule has 132 valence electrons. The molecule has 0 saturated carbocycles. The minimum absolute atomic E-state index is 0.183. The lowest BCUT2D eigenvalue weighted by molar-refractivity contribution is -0.134. The number of nitrogens with two attached hydrogens (primary N) is 1. The van der Waals surface area contributed by atoms with Crippen LogP contribution in [0, 0.1) is 0 Å². The van der Waals surface area contributed by atoms with E-state index < -0.39 is 5.97 Å². The summed E-state index contributed by atoms with van der Waals surface area (Å²) in [5.41, 5.74) is 10.1. The number of rotatable bonds is 6. The van der Waals surface area contributed by atoms with E-state index in [0.29, 0.717) is 22.6 Å². The van der Waals surface area contributed by atoms with Gasteiger partial charge in [0, 0.05) is 11.3 Å². The van der Waals surface area contributed by atoms with Crippen molar-refractivity contribution in [1.29, 1.82) is 0 Å². The number of thiophene rings is 1. The zero-order chi connectivity index (χ0) is 18.5. The Bertz CT molecular complexity index is 922. The molecule has 0 atom stereocenters. The first kappa shape index (κ1) is 17.5. The van der Waals surface area contributed by atoms with Crippen LogP contribution in [0.2, 0.25) is 0 Å². The molecular weight excluding hydrogens is 350 g/mol. The summed E-state index contributed by atoms with van der Waals surface area (Å²) in [6, 6.07) is 14.1. The van der Waals surface area contributed by atoms with Gasteiger partial charge in [0.1, 0.15) is 6.54 Å². The summed E-state index contributed by atoms with van der Waals surface area (Å²) in [6.45, 7) is -0.183. The molecule has 2 aromatic carbocycles. The van der Waals surface area contributed by atoms with E-state index in [-0.39, 0.29) is 12.5 Å². The Kier molecular flexibility index (Phi) is 5.19. The summed E-state index contributed by atoms with van der Waals surface area (Å²) >= 11 is 1.60. The van der Waals surface area contributed by atoms with Crippen LogP contribution in [0.4, 0.5) is 17.1 Å². The lowest BCUT2D eigenvalue weighted by atomic mass is 10.1. The number of benzene rings is 2. The monoisotopic (exact) mass is 367 g/mol. The molecule has 0 spiro atoms. The van der Waals surface area contributed by atoms with Gasteiger partial charge in [-0.3, -0.25) is 9.59 Å². The quantitative estimate of drug-likeness (QED) is 0.497. The molecule has 0 aliphatic rings. The van der Waals surface area contributed by atoms with E-state index in [4.69, 9.17) is 10.8 Å². The van der Waals surface area contributed by atoms with Gasteiger partial charge in [-0.25, -0.2) is 0 Å². The van der Waals surface area contributed by atoms with Crippen molar-refractivity contribution in [1.82, 2.24) is 0 Å². The molecule has 0 aliphatic heterocycles. The number of anilines is 3. The second-order valence-corrected chi connectivity index (χ2v) is 6.37. The van der Waals surface area contributed by atoms with Gasteiger partial charge in [-0.05, 0) is 64.4 Å². The van der Waals surface area contributed by atoms with E-state index in [0.717, 1.165) is 11.1 Å². The number of nitrogens with one attached hydrogen (secondary N) is 2. The van der Waals surface area contributed by atoms with Gasteiger partial charge in [-0.15, -0.1) is 0 Å². The lowest BCUT2D eigenvalue weighted by Gasteiger charge is -2.11. The van der Waals surface area contributed by atoms with Crippen molar-refractivity contribution in [3.05, 3.63) is 64.9 Å². The molecular formula is C19H17N3O3S. The zero-order valence-electron chi connectivity index (χ0n) is 13.7. The molecule has 0 aliphatic carbocycles. The molecule has 7 heteroatoms. The molecule has 0 saturated heterocycles. The fourth-order valence-corrected chi connectivity index (χ4v) is 3.05. The molecule has 1 aromatic heterocycles. The van der Waals surface area contributed by atoms with Crippen molar-refractivity contribution in [2.45, 2.75) is 0 Å². The molecule has 3 aromatic rings. The van der Waals surface area contributed by atoms with Crippen LogP contribution in [0.15, 0.2) is 59.3 Å². The van der Waals surface area contributed by atoms with Crippen LogP contribution in [-0.4, -0.2) is 23.5 Å². The number of nitrogen functional groups attached to an aromatic ring is 1. The van der Waals surface area contributed by atoms with Gasteiger partial charge >= 0.3 is 5.97 Å². The first-order chi connectivity index (χ1) is 12.5. The number of hydrogen-bond donors (Lipinski definition) is 4. The topological polar surface area (TPSA) is 104 Å². The molecule has 0 unspecified atom stereocenters. The highest BCUT2D eigenvalue weighted by Gasteiger charge is 2.10. The van der Waals surface area contributed by atoms with Gasteiger partial charge in [0.15, 0.2) is 0 Å². The van der Waals surface area contributed by atoms with Crippen LogP contribution in [0.1, 0.15) is 10.4 Å². The van der Waals surface area contributed by atoms with E-state index in [2.05, 4.69) is 10.6 Å². The van der Waals surface area contributed by atoms with Crippen LogP contribution < -0.4 is 16.4 Å². The third kappa shape index (κ3) is 4.20. The largest absolute Gasteiger partial charge is 0.480 e. The Morgan fingerprint density at radius 1 is 1.04 bits per heavy atom. The maximum atomic E-state index is 12.5. The fraction of sp³-hybridized carbons (Fsp3) is 0.0526. The summed E-state index contributed by atoms with van der Waals surface area (Å²) in [5.74, 6) is -1.24. The number of carboxylic acids is 1. The van der Waals surface area contributed by atoms with Gasteiger partial charge < -0.3 is 21.5 Å². The van der Waals surface area contributed by atoms with Crippen molar-refractivity contribution in [2.24, 2.45) is 0 Å². The van der Waals surface area contributed by atoms with E-state index in [1.807, 2.05) is 29.0 Å². The van der Waals surface area contributed by atoms with Gasteiger partial charge in [-0.2, -0.15) is 11.3 Å². The predicted octanol–water partition coefficient (Wildman–Crippen LogP) is 3.75. The van der Waals surface area contributed by atoms with Crippen LogP contribution in [0.25, 0.3) is 11.1 Å². The van der Waals surface area contributed by atoms with E-state index in [1.54, 1.807) is 41.7 Å². The molecule has 0 bridgehead atoms. The molecule has 1 amide bonds. The van der Waals surface area contributed by atoms with E-state index in [9.17, 15) is 9.59 Å². The Morgan fingerprint density at radius 2 is 1.81 bits per heavy atom. The normalized spacial score (nSPS) is 10.3. The highest BCUT2D eigenvalue weighted by Crippen LogP contribution is 2.29. The molecule has 0 radical (unpaired) electrons. The van der Waals surface area contributed by atoms with Crippen LogP contribution >= 0.6 is 11.3 Å². The summed E-state index contributed by atoms with van der Waals surface area (Å²) in [7, 11) is 0. The minimum Gasteiger partial charge on any atom is -0.480 e. The third-order valence-electron chi connectivity index (χ3n) is 3.75. The van der Waals surface area contributed by atoms with Gasteiger partial charge in [0.05, 0.1) is 11.4 Å². The van der Waals surface area contributed by atoms with E-state index >= 15 is 0 Å². The molecule has 5 N–H and O–H groups in total. The summed E-state index contributed by atoms with van der Waals surface area (Å²) in [6.07, 6.45) is 0. The van der Waals surface area contributed by atoms with Crippen molar-refractivity contribution in [3.8, 4) is 11.1 Å². The zero-order valence-corrected chi connectivity index (χ0v) is 14.5. The maximum Gasteiger partial charge on any atom is 0.322 e. The molecule has 3 rings (SSSR count). The van der Waals surface area contributed by atoms with Crippen molar-refractivity contribution < 1.29 is 14.7 Å². The Balaban J connectivity index is 1.73. The Hall–Kier alpha value is -3.32. The van der Waals surface area contributed by atoms with Gasteiger partial charge in [0.2, 0.25) is 0 Å². The predicted molar refractivity (Wildman–Crippen MR) is 105 cm³/mol. The number of hydrogen-bond acceptors (Lipinski definition) is 5. The first-order valence-electron chi connectivity index (χ1n) is 7.82. The Morgan fingerprint density at radius 3 is 2.46 bits per heavy atom. The Labute approximate surface area is 154 Å². The molecule has 0 fully saturated rings. The average molecular weight is 367 g/mol. The number of carbonyl (C=O) groups is 2. The molecule has 26 heavy (non-hydrogen) atoms. The maximum absolute atomic E-state index is 12.5. The smallest absolute Gasteiger partial charge is 0.322 e. The SMILES string of the molecule is Nc1ccc(-c2ccsc2)cc1NC(=O)c1ccc(NCC(=O)O)cc1. The average Bonchev–Trinajstić information content (AvgIpc) is 3.17. The molecule has 1 heterocycles. The highest BCUT2D eigenvalue weighted by molar-refractivity contribution is 7.08. The summed E-state index contributed by atoms with van der Waals surface area (Å²) in [4.78, 5) is 23.0. The number of amides is 1. The summed E-state index contributed by atoms with van der Waals surface area (Å²) < 4.78 is 0. The molecule has 6 nitrogen and oxygen atoms in total. The fourth-order valence-electron chi connectivity index (χ4n) is 2.38. The number of carboxylic acid groups (broad SMARTS) is 1. The van der Waals surface area contributed by atoms with Crippen molar-refractivity contribution in [3.63, 3.8) is 0 Å².